The first kappa shape index (κ1) is 20.2. The highest BCUT2D eigenvalue weighted by molar-refractivity contribution is 7.99. The summed E-state index contributed by atoms with van der Waals surface area (Å²) in [5, 5.41) is 2.71. The molecule has 28 heavy (non-hydrogen) atoms. The van der Waals surface area contributed by atoms with Gasteiger partial charge in [-0.15, -0.1) is 11.8 Å². The number of rotatable bonds is 6. The fourth-order valence-corrected chi connectivity index (χ4v) is 3.41. The number of halogens is 3. The molecule has 0 radical (unpaired) electrons. The second kappa shape index (κ2) is 8.64. The fraction of sp³-hybridized carbons (Fsp3) is 0.316. The van der Waals surface area contributed by atoms with Crippen molar-refractivity contribution in [3.05, 3.63) is 48.0 Å². The van der Waals surface area contributed by atoms with Crippen LogP contribution < -0.4 is 14.8 Å². The summed E-state index contributed by atoms with van der Waals surface area (Å²) in [7, 11) is 0. The van der Waals surface area contributed by atoms with E-state index in [0.717, 1.165) is 5.56 Å². The van der Waals surface area contributed by atoms with Crippen molar-refractivity contribution in [3.63, 3.8) is 0 Å². The highest BCUT2D eigenvalue weighted by atomic mass is 32.2. The number of nitrogens with zero attached hydrogens (tertiary/aromatic N) is 1. The van der Waals surface area contributed by atoms with Crippen LogP contribution in [0.4, 0.5) is 23.7 Å². The van der Waals surface area contributed by atoms with Crippen molar-refractivity contribution in [2.75, 3.05) is 24.4 Å². The molecule has 0 atom stereocenters. The summed E-state index contributed by atoms with van der Waals surface area (Å²) in [6.45, 7) is 2.76. The monoisotopic (exact) mass is 412 g/mol. The molecule has 0 saturated carbocycles. The van der Waals surface area contributed by atoms with Crippen LogP contribution in [0.25, 0.3) is 0 Å². The smallest absolute Gasteiger partial charge is 0.398 e. The summed E-state index contributed by atoms with van der Waals surface area (Å²) in [6.07, 6.45) is -4.28. The van der Waals surface area contributed by atoms with Gasteiger partial charge in [-0.3, -0.25) is 0 Å². The number of benzene rings is 2. The lowest BCUT2D eigenvalue weighted by atomic mass is 10.2. The number of para-hydroxylation sites is 1. The van der Waals surface area contributed by atoms with E-state index < -0.39 is 11.9 Å². The molecule has 0 aromatic heterocycles. The van der Waals surface area contributed by atoms with Crippen molar-refractivity contribution < 1.29 is 27.4 Å². The first-order chi connectivity index (χ1) is 13.4. The molecule has 2 aromatic rings. The average molecular weight is 412 g/mol. The lowest BCUT2D eigenvalue weighted by Gasteiger charge is -2.22. The van der Waals surface area contributed by atoms with Gasteiger partial charge in [-0.05, 0) is 36.8 Å². The number of carbonyl (C=O) groups is 1. The Morgan fingerprint density at radius 3 is 2.68 bits per heavy atom. The molecule has 0 bridgehead atoms. The van der Waals surface area contributed by atoms with E-state index in [9.17, 15) is 18.0 Å². The minimum Gasteiger partial charge on any atom is -0.454 e. The zero-order valence-electron chi connectivity index (χ0n) is 15.1. The van der Waals surface area contributed by atoms with Gasteiger partial charge >= 0.3 is 12.2 Å². The fourth-order valence-electron chi connectivity index (χ4n) is 2.64. The van der Waals surface area contributed by atoms with E-state index in [1.54, 1.807) is 35.2 Å². The largest absolute Gasteiger partial charge is 0.454 e. The molecule has 1 N–H and O–H groups in total. The molecule has 0 unspecified atom stereocenters. The number of urea groups is 1. The first-order valence-corrected chi connectivity index (χ1v) is 9.57. The minimum absolute atomic E-state index is 0.170. The maximum atomic E-state index is 12.7. The Balaban J connectivity index is 1.67. The lowest BCUT2D eigenvalue weighted by Crippen LogP contribution is -2.34. The predicted octanol–water partition coefficient (Wildman–Crippen LogP) is 5.12. The normalized spacial score (nSPS) is 12.7. The zero-order valence-corrected chi connectivity index (χ0v) is 15.9. The number of carbonyl (C=O) groups excluding carboxylic acids is 1. The highest BCUT2D eigenvalue weighted by Crippen LogP contribution is 2.34. The van der Waals surface area contributed by atoms with Crippen molar-refractivity contribution in [3.8, 4) is 11.5 Å². The summed E-state index contributed by atoms with van der Waals surface area (Å²) >= 11 is 0.644. The number of ether oxygens (including phenoxy) is 2. The molecule has 0 saturated heterocycles. The molecular weight excluding hydrogens is 393 g/mol. The van der Waals surface area contributed by atoms with Gasteiger partial charge < -0.3 is 19.7 Å². The van der Waals surface area contributed by atoms with Crippen molar-refractivity contribution in [1.29, 1.82) is 0 Å². The first-order valence-electron chi connectivity index (χ1n) is 8.59. The maximum absolute atomic E-state index is 12.7. The van der Waals surface area contributed by atoms with E-state index in [2.05, 4.69) is 5.32 Å². The molecule has 9 heteroatoms. The van der Waals surface area contributed by atoms with E-state index in [1.807, 2.05) is 19.1 Å². The summed E-state index contributed by atoms with van der Waals surface area (Å²) in [6, 6.07) is 11.5. The number of hydrogen-bond acceptors (Lipinski definition) is 4. The third-order valence-corrected chi connectivity index (χ3v) is 5.14. The number of amides is 2. The summed E-state index contributed by atoms with van der Waals surface area (Å²) < 4.78 is 48.2. The second-order valence-corrected chi connectivity index (χ2v) is 7.05. The minimum atomic E-state index is -4.28. The molecule has 0 fully saturated rings. The Hall–Kier alpha value is -2.55. The van der Waals surface area contributed by atoms with Gasteiger partial charge in [0.2, 0.25) is 6.79 Å². The van der Waals surface area contributed by atoms with Crippen molar-refractivity contribution >= 4 is 23.5 Å². The number of anilines is 1. The van der Waals surface area contributed by atoms with E-state index in [1.165, 1.54) is 0 Å². The summed E-state index contributed by atoms with van der Waals surface area (Å²) in [4.78, 5) is 14.6. The van der Waals surface area contributed by atoms with Gasteiger partial charge in [-0.1, -0.05) is 18.2 Å². The molecule has 1 aliphatic heterocycles. The van der Waals surface area contributed by atoms with E-state index >= 15 is 0 Å². The Labute approximate surface area is 164 Å². The third kappa shape index (κ3) is 5.25. The number of nitrogens with one attached hydrogen (secondary N) is 1. The number of fused-ring (bicyclic) bond motifs is 1. The van der Waals surface area contributed by atoms with Gasteiger partial charge in [0, 0.05) is 18.0 Å². The van der Waals surface area contributed by atoms with Crippen LogP contribution in [0.3, 0.4) is 0 Å². The Morgan fingerprint density at radius 1 is 1.18 bits per heavy atom. The van der Waals surface area contributed by atoms with Crippen molar-refractivity contribution in [2.45, 2.75) is 24.5 Å². The van der Waals surface area contributed by atoms with Crippen LogP contribution >= 0.6 is 11.8 Å². The Morgan fingerprint density at radius 2 is 1.93 bits per heavy atom. The van der Waals surface area contributed by atoms with E-state index in [4.69, 9.17) is 9.47 Å². The summed E-state index contributed by atoms with van der Waals surface area (Å²) in [5.41, 5.74) is 1.21. The van der Waals surface area contributed by atoms with Crippen LogP contribution in [-0.4, -0.2) is 36.2 Å². The molecule has 0 aliphatic carbocycles. The van der Waals surface area contributed by atoms with Crippen LogP contribution in [0.15, 0.2) is 47.4 Å². The molecular formula is C19H19F3N2O3S. The van der Waals surface area contributed by atoms with E-state index in [0.29, 0.717) is 46.9 Å². The molecule has 5 nitrogen and oxygen atoms in total. The SMILES string of the molecule is CCN(Cc1ccc2c(c1)OCO2)C(=O)Nc1ccccc1SCC(F)(F)F. The quantitative estimate of drug-likeness (QED) is 0.669. The maximum Gasteiger partial charge on any atom is 0.398 e. The van der Waals surface area contributed by atoms with Gasteiger partial charge in [-0.2, -0.15) is 13.2 Å². The highest BCUT2D eigenvalue weighted by Gasteiger charge is 2.28. The molecule has 150 valence electrons. The van der Waals surface area contributed by atoms with Gasteiger partial charge in [0.1, 0.15) is 0 Å². The summed E-state index contributed by atoms with van der Waals surface area (Å²) in [5.74, 6) is 0.268. The molecule has 3 rings (SSSR count). The topological polar surface area (TPSA) is 50.8 Å². The van der Waals surface area contributed by atoms with Crippen LogP contribution in [0, 0.1) is 0 Å². The van der Waals surface area contributed by atoms with Crippen LogP contribution in [0.2, 0.25) is 0 Å². The number of thioether (sulfide) groups is 1. The average Bonchev–Trinajstić information content (AvgIpc) is 3.12. The molecule has 1 aliphatic rings. The van der Waals surface area contributed by atoms with E-state index in [-0.39, 0.29) is 12.8 Å². The van der Waals surface area contributed by atoms with Gasteiger partial charge in [0.05, 0.1) is 11.4 Å². The van der Waals surface area contributed by atoms with Gasteiger partial charge in [0.15, 0.2) is 11.5 Å². The van der Waals surface area contributed by atoms with Crippen LogP contribution in [0.1, 0.15) is 12.5 Å². The molecule has 1 heterocycles. The molecule has 2 amide bonds. The van der Waals surface area contributed by atoms with Crippen molar-refractivity contribution in [2.24, 2.45) is 0 Å². The standard InChI is InChI=1S/C19H19F3N2O3S/c1-2-24(10-13-7-8-15-16(9-13)27-12-26-15)18(25)23-14-5-3-4-6-17(14)28-11-19(20,21)22/h3-9H,2,10-12H2,1H3,(H,23,25). The molecule has 0 spiro atoms. The Bertz CT molecular complexity index is 845. The number of alkyl halides is 3. The van der Waals surface area contributed by atoms with Gasteiger partial charge in [-0.25, -0.2) is 4.79 Å². The second-order valence-electron chi connectivity index (χ2n) is 6.03. The van der Waals surface area contributed by atoms with Crippen molar-refractivity contribution in [1.82, 2.24) is 4.90 Å². The van der Waals surface area contributed by atoms with Gasteiger partial charge in [0.25, 0.3) is 0 Å². The predicted molar refractivity (Wildman–Crippen MR) is 101 cm³/mol. The zero-order chi connectivity index (χ0) is 20.1. The van der Waals surface area contributed by atoms with Crippen LogP contribution in [-0.2, 0) is 6.54 Å². The lowest BCUT2D eigenvalue weighted by molar-refractivity contribution is -0.105. The Kier molecular flexibility index (Phi) is 6.23. The number of hydrogen-bond donors (Lipinski definition) is 1. The third-order valence-electron chi connectivity index (χ3n) is 4.00. The molecule has 2 aromatic carbocycles. The van der Waals surface area contributed by atoms with Crippen LogP contribution in [0.5, 0.6) is 11.5 Å².